The van der Waals surface area contributed by atoms with Crippen LogP contribution >= 0.6 is 0 Å². The van der Waals surface area contributed by atoms with Crippen LogP contribution in [0.15, 0.2) is 127 Å². The topological polar surface area (TPSA) is 88.1 Å². The van der Waals surface area contributed by atoms with Crippen molar-refractivity contribution >= 4 is 26.2 Å². The molecule has 5 rings (SSSR count). The molecule has 5 aromatic rings. The van der Waals surface area contributed by atoms with Crippen molar-refractivity contribution in [1.82, 2.24) is 0 Å². The number of ether oxygens (including phenoxy) is 2. The van der Waals surface area contributed by atoms with Gasteiger partial charge in [-0.25, -0.2) is 0 Å². The third kappa shape index (κ3) is 8.37. The monoisotopic (exact) mass is 672 g/mol. The Hall–Kier alpha value is -5.01. The summed E-state index contributed by atoms with van der Waals surface area (Å²) in [5.74, 6) is 3.43. The maximum absolute atomic E-state index is 13.2. The highest BCUT2D eigenvalue weighted by atomic mass is 32.3. The number of halogens is 4. The number of benzene rings is 5. The molecule has 0 amide bonds. The van der Waals surface area contributed by atoms with E-state index in [1.165, 1.54) is 24.3 Å². The van der Waals surface area contributed by atoms with Gasteiger partial charge in [-0.3, -0.25) is 0 Å². The highest BCUT2D eigenvalue weighted by molar-refractivity contribution is 7.91. The first-order valence-corrected chi connectivity index (χ1v) is 16.3. The molecule has 13 heteroatoms. The Labute approximate surface area is 263 Å². The predicted octanol–water partition coefficient (Wildman–Crippen LogP) is 8.30. The Morgan fingerprint density at radius 1 is 0.522 bits per heavy atom. The van der Waals surface area contributed by atoms with Crippen molar-refractivity contribution in [2.75, 3.05) is 0 Å². The lowest BCUT2D eigenvalue weighted by Gasteiger charge is -2.21. The summed E-state index contributed by atoms with van der Waals surface area (Å²) < 4.78 is 106. The molecule has 0 saturated carbocycles. The molecule has 0 spiro atoms. The van der Waals surface area contributed by atoms with Gasteiger partial charge >= 0.3 is 15.6 Å². The van der Waals surface area contributed by atoms with E-state index in [9.17, 15) is 29.7 Å². The first kappa shape index (κ1) is 32.4. The van der Waals surface area contributed by atoms with Gasteiger partial charge in [0.05, 0.1) is 0 Å². The van der Waals surface area contributed by atoms with Crippen molar-refractivity contribution < 1.29 is 47.5 Å². The maximum Gasteiger partial charge on any atom is 0.534 e. The summed E-state index contributed by atoms with van der Waals surface area (Å²) in [7, 11) is -9.89. The third-order valence-corrected chi connectivity index (χ3v) is 7.77. The van der Waals surface area contributed by atoms with Gasteiger partial charge in [0.1, 0.15) is 23.0 Å². The van der Waals surface area contributed by atoms with E-state index in [0.717, 1.165) is 28.8 Å². The van der Waals surface area contributed by atoms with Crippen LogP contribution in [0.5, 0.6) is 23.0 Å². The van der Waals surface area contributed by atoms with Crippen LogP contribution < -0.4 is 17.8 Å². The zero-order valence-corrected chi connectivity index (χ0v) is 25.2. The number of alkyl halides is 3. The lowest BCUT2D eigenvalue weighted by molar-refractivity contribution is -0.0500. The second-order valence-electron chi connectivity index (χ2n) is 9.68. The summed E-state index contributed by atoms with van der Waals surface area (Å²) >= 11 is 0. The highest BCUT2D eigenvalue weighted by Gasteiger charge is 2.48. The molecule has 0 heterocycles. The molecule has 5 aromatic carbocycles. The maximum atomic E-state index is 13.2. The molecule has 0 aliphatic rings. The van der Waals surface area contributed by atoms with E-state index in [0.29, 0.717) is 22.6 Å². The SMILES string of the molecule is C=S(=O)(F)Oc1ccc(-c2ccc(OC(Oc3ccc(-c4ccc(OS(=O)(=O)C(F)(F)F)cc4)cc3)c3ccccc3)cc2)cc1. The molecular formula is C33H24F4O7S2. The van der Waals surface area contributed by atoms with Gasteiger partial charge in [0.15, 0.2) is 0 Å². The van der Waals surface area contributed by atoms with Crippen LogP contribution in [0.4, 0.5) is 17.1 Å². The molecule has 0 bridgehead atoms. The van der Waals surface area contributed by atoms with Gasteiger partial charge in [-0.15, -0.1) is 3.89 Å². The van der Waals surface area contributed by atoms with Crippen molar-refractivity contribution in [1.29, 1.82) is 0 Å². The minimum Gasteiger partial charge on any atom is -0.451 e. The molecule has 0 N–H and O–H groups in total. The Morgan fingerprint density at radius 3 is 1.22 bits per heavy atom. The first-order chi connectivity index (χ1) is 21.8. The van der Waals surface area contributed by atoms with Gasteiger partial charge in [-0.05, 0) is 70.8 Å². The van der Waals surface area contributed by atoms with Crippen molar-refractivity contribution in [3.05, 3.63) is 133 Å². The van der Waals surface area contributed by atoms with E-state index < -0.39 is 37.9 Å². The van der Waals surface area contributed by atoms with Crippen LogP contribution in [0.1, 0.15) is 11.9 Å². The van der Waals surface area contributed by atoms with Crippen LogP contribution in [-0.2, 0) is 20.3 Å². The van der Waals surface area contributed by atoms with Crippen LogP contribution in [0.3, 0.4) is 0 Å². The van der Waals surface area contributed by atoms with Crippen LogP contribution in [0.25, 0.3) is 22.3 Å². The third-order valence-electron chi connectivity index (χ3n) is 6.35. The average molecular weight is 673 g/mol. The smallest absolute Gasteiger partial charge is 0.451 e. The lowest BCUT2D eigenvalue weighted by atomic mass is 10.1. The standard InChI is InChI=1S/C33H24F4O7S2/c1-45(37,38)43-30-19-11-25(12-20-30)23-7-15-28(16-8-23)41-32(27-5-3-2-4-6-27)42-29-17-9-24(10-18-29)26-13-21-31(22-14-26)44-46(39,40)33(34,35)36/h2-22,32H,1H2. The van der Waals surface area contributed by atoms with E-state index in [4.69, 9.17) is 9.47 Å². The second-order valence-corrected chi connectivity index (χ2v) is 12.5. The van der Waals surface area contributed by atoms with E-state index in [1.807, 2.05) is 42.5 Å². The molecule has 0 aliphatic heterocycles. The van der Waals surface area contributed by atoms with Crippen molar-refractivity contribution in [3.8, 4) is 45.3 Å². The van der Waals surface area contributed by atoms with Gasteiger partial charge in [-0.1, -0.05) is 78.9 Å². The highest BCUT2D eigenvalue weighted by Crippen LogP contribution is 2.32. The minimum atomic E-state index is -5.77. The summed E-state index contributed by atoms with van der Waals surface area (Å²) in [5.41, 5.74) is -1.86. The van der Waals surface area contributed by atoms with Crippen LogP contribution in [0.2, 0.25) is 0 Å². The Kier molecular flexibility index (Phi) is 9.26. The van der Waals surface area contributed by atoms with Crippen molar-refractivity contribution in [3.63, 3.8) is 0 Å². The molecular weight excluding hydrogens is 648 g/mol. The summed E-state index contributed by atoms with van der Waals surface area (Å²) in [6.45, 7) is 0. The van der Waals surface area contributed by atoms with Gasteiger partial charge in [0, 0.05) is 11.4 Å². The molecule has 238 valence electrons. The Bertz CT molecular complexity index is 1980. The fourth-order valence-electron chi connectivity index (χ4n) is 4.19. The van der Waals surface area contributed by atoms with Gasteiger partial charge in [0.2, 0.25) is 0 Å². The van der Waals surface area contributed by atoms with E-state index >= 15 is 0 Å². The quantitative estimate of drug-likeness (QED) is 0.0348. The minimum absolute atomic E-state index is 0.0899. The zero-order chi connectivity index (χ0) is 33.0. The predicted molar refractivity (Wildman–Crippen MR) is 167 cm³/mol. The normalized spacial score (nSPS) is 13.7. The van der Waals surface area contributed by atoms with Gasteiger partial charge in [-0.2, -0.15) is 25.8 Å². The summed E-state index contributed by atoms with van der Waals surface area (Å²) in [6, 6.07) is 34.8. The van der Waals surface area contributed by atoms with Gasteiger partial charge in [0.25, 0.3) is 16.5 Å². The zero-order valence-electron chi connectivity index (χ0n) is 23.6. The fourth-order valence-corrected chi connectivity index (χ4v) is 5.05. The summed E-state index contributed by atoms with van der Waals surface area (Å²) in [4.78, 5) is 0. The molecule has 2 unspecified atom stereocenters. The van der Waals surface area contributed by atoms with E-state index in [-0.39, 0.29) is 5.75 Å². The lowest BCUT2D eigenvalue weighted by Crippen LogP contribution is -2.28. The molecule has 46 heavy (non-hydrogen) atoms. The summed E-state index contributed by atoms with van der Waals surface area (Å²) in [6.07, 6.45) is -0.834. The number of rotatable bonds is 11. The molecule has 0 fully saturated rings. The average Bonchev–Trinajstić information content (AvgIpc) is 3.01. The van der Waals surface area contributed by atoms with E-state index in [1.54, 1.807) is 48.5 Å². The molecule has 0 saturated heterocycles. The molecule has 0 aliphatic carbocycles. The second kappa shape index (κ2) is 13.2. The number of hydrogen-bond acceptors (Lipinski definition) is 7. The molecule has 7 nitrogen and oxygen atoms in total. The van der Waals surface area contributed by atoms with Crippen LogP contribution in [-0.4, -0.2) is 24.0 Å². The Balaban J connectivity index is 1.28. The first-order valence-electron chi connectivity index (χ1n) is 13.3. The van der Waals surface area contributed by atoms with E-state index in [2.05, 4.69) is 14.2 Å². The van der Waals surface area contributed by atoms with Gasteiger partial charge < -0.3 is 17.8 Å². The molecule has 0 aromatic heterocycles. The number of hydrogen-bond donors (Lipinski definition) is 0. The molecule has 2 atom stereocenters. The Morgan fingerprint density at radius 2 is 0.870 bits per heavy atom. The molecule has 0 radical (unpaired) electrons. The van der Waals surface area contributed by atoms with Crippen LogP contribution in [0, 0.1) is 0 Å². The van der Waals surface area contributed by atoms with Crippen molar-refractivity contribution in [2.45, 2.75) is 11.8 Å². The fraction of sp³-hybridized carbons (Fsp3) is 0.0606. The van der Waals surface area contributed by atoms with Crippen molar-refractivity contribution in [2.24, 2.45) is 0 Å². The summed E-state index contributed by atoms with van der Waals surface area (Å²) in [5, 5.41) is 0. The largest absolute Gasteiger partial charge is 0.534 e.